The summed E-state index contributed by atoms with van der Waals surface area (Å²) in [7, 11) is 0. The van der Waals surface area contributed by atoms with Gasteiger partial charge >= 0.3 is 0 Å². The number of hydrogen-bond donors (Lipinski definition) is 3. The standard InChI is InChI=1S/C9H13N3O/c1-7(13)8-2-4-9(5-3-8)11-6-12-10/h2-5,11-12H,6,10H2,1H3. The van der Waals surface area contributed by atoms with Gasteiger partial charge in [0.2, 0.25) is 0 Å². The van der Waals surface area contributed by atoms with Crippen LogP contribution in [-0.2, 0) is 0 Å². The Kier molecular flexibility index (Phi) is 3.42. The zero-order valence-electron chi connectivity index (χ0n) is 7.50. The molecule has 0 fully saturated rings. The Morgan fingerprint density at radius 2 is 2.00 bits per heavy atom. The van der Waals surface area contributed by atoms with Crippen molar-refractivity contribution in [3.05, 3.63) is 29.8 Å². The first-order valence-corrected chi connectivity index (χ1v) is 4.02. The van der Waals surface area contributed by atoms with Crippen molar-refractivity contribution >= 4 is 11.5 Å². The normalized spacial score (nSPS) is 9.69. The van der Waals surface area contributed by atoms with E-state index in [4.69, 9.17) is 5.84 Å². The molecule has 4 N–H and O–H groups in total. The highest BCUT2D eigenvalue weighted by Crippen LogP contribution is 2.08. The molecule has 4 nitrogen and oxygen atoms in total. The van der Waals surface area contributed by atoms with Crippen LogP contribution in [0.25, 0.3) is 0 Å². The van der Waals surface area contributed by atoms with Crippen LogP contribution in [-0.4, -0.2) is 12.5 Å². The maximum Gasteiger partial charge on any atom is 0.159 e. The van der Waals surface area contributed by atoms with Gasteiger partial charge in [0.1, 0.15) is 0 Å². The van der Waals surface area contributed by atoms with Crippen molar-refractivity contribution in [2.24, 2.45) is 5.84 Å². The molecule has 0 saturated carbocycles. The Labute approximate surface area is 77.1 Å². The maximum atomic E-state index is 10.9. The third-order valence-corrected chi connectivity index (χ3v) is 1.69. The number of benzene rings is 1. The largest absolute Gasteiger partial charge is 0.371 e. The van der Waals surface area contributed by atoms with Crippen molar-refractivity contribution in [1.82, 2.24) is 5.43 Å². The molecule has 0 bridgehead atoms. The lowest BCUT2D eigenvalue weighted by atomic mass is 10.1. The Morgan fingerprint density at radius 1 is 1.38 bits per heavy atom. The van der Waals surface area contributed by atoms with E-state index in [9.17, 15) is 4.79 Å². The number of anilines is 1. The summed E-state index contributed by atoms with van der Waals surface area (Å²) in [5.74, 6) is 5.16. The number of rotatable bonds is 4. The molecule has 4 heteroatoms. The fourth-order valence-corrected chi connectivity index (χ4v) is 0.976. The summed E-state index contributed by atoms with van der Waals surface area (Å²) in [6.07, 6.45) is 0. The van der Waals surface area contributed by atoms with E-state index >= 15 is 0 Å². The second-order valence-electron chi connectivity index (χ2n) is 2.69. The molecule has 0 radical (unpaired) electrons. The third-order valence-electron chi connectivity index (χ3n) is 1.69. The Hall–Kier alpha value is -1.39. The summed E-state index contributed by atoms with van der Waals surface area (Å²) in [5.41, 5.74) is 4.12. The van der Waals surface area contributed by atoms with Gasteiger partial charge in [0.15, 0.2) is 5.78 Å². The van der Waals surface area contributed by atoms with Gasteiger partial charge in [-0.25, -0.2) is 5.43 Å². The number of nitrogens with one attached hydrogen (secondary N) is 2. The number of carbonyl (C=O) groups is 1. The molecule has 0 unspecified atom stereocenters. The quantitative estimate of drug-likeness (QED) is 0.276. The van der Waals surface area contributed by atoms with Crippen LogP contribution >= 0.6 is 0 Å². The van der Waals surface area contributed by atoms with Gasteiger partial charge in [-0.3, -0.25) is 10.6 Å². The Bertz CT molecular complexity index is 281. The van der Waals surface area contributed by atoms with Crippen LogP contribution in [0.5, 0.6) is 0 Å². The molecule has 0 aliphatic rings. The van der Waals surface area contributed by atoms with Crippen molar-refractivity contribution in [2.45, 2.75) is 6.92 Å². The van der Waals surface area contributed by atoms with E-state index in [2.05, 4.69) is 10.7 Å². The number of hydrogen-bond acceptors (Lipinski definition) is 4. The number of Topliss-reactive ketones (excluding diaryl/α,β-unsaturated/α-hetero) is 1. The third kappa shape index (κ3) is 2.85. The zero-order valence-corrected chi connectivity index (χ0v) is 7.50. The molecule has 0 atom stereocenters. The van der Waals surface area contributed by atoms with Crippen molar-refractivity contribution < 1.29 is 4.79 Å². The average molecular weight is 179 g/mol. The molecule has 1 aromatic carbocycles. The summed E-state index contributed by atoms with van der Waals surface area (Å²) < 4.78 is 0. The zero-order chi connectivity index (χ0) is 9.68. The summed E-state index contributed by atoms with van der Waals surface area (Å²) in [6, 6.07) is 7.24. The minimum Gasteiger partial charge on any atom is -0.371 e. The van der Waals surface area contributed by atoms with Gasteiger partial charge in [0, 0.05) is 11.3 Å². The first kappa shape index (κ1) is 9.70. The fourth-order valence-electron chi connectivity index (χ4n) is 0.976. The summed E-state index contributed by atoms with van der Waals surface area (Å²) >= 11 is 0. The monoisotopic (exact) mass is 179 g/mol. The van der Waals surface area contributed by atoms with Crippen LogP contribution in [0.15, 0.2) is 24.3 Å². The smallest absolute Gasteiger partial charge is 0.159 e. The molecule has 1 rings (SSSR count). The van der Waals surface area contributed by atoms with Crippen LogP contribution in [0.3, 0.4) is 0 Å². The number of carbonyl (C=O) groups excluding carboxylic acids is 1. The van der Waals surface area contributed by atoms with E-state index in [1.54, 1.807) is 19.1 Å². The molecule has 0 heterocycles. The molecule has 0 amide bonds. The molecule has 13 heavy (non-hydrogen) atoms. The van der Waals surface area contributed by atoms with E-state index in [0.717, 1.165) is 5.69 Å². The summed E-state index contributed by atoms with van der Waals surface area (Å²) in [6.45, 7) is 2.04. The first-order chi connectivity index (χ1) is 6.24. The van der Waals surface area contributed by atoms with E-state index < -0.39 is 0 Å². The van der Waals surface area contributed by atoms with Gasteiger partial charge in [-0.15, -0.1) is 0 Å². The van der Waals surface area contributed by atoms with Crippen molar-refractivity contribution in [1.29, 1.82) is 0 Å². The predicted octanol–water partition coefficient (Wildman–Crippen LogP) is 0.722. The van der Waals surface area contributed by atoms with E-state index in [1.807, 2.05) is 12.1 Å². The second kappa shape index (κ2) is 4.59. The molecule has 70 valence electrons. The van der Waals surface area contributed by atoms with Gasteiger partial charge in [-0.05, 0) is 31.2 Å². The van der Waals surface area contributed by atoms with Crippen LogP contribution < -0.4 is 16.6 Å². The van der Waals surface area contributed by atoms with Crippen molar-refractivity contribution in [3.8, 4) is 0 Å². The van der Waals surface area contributed by atoms with E-state index in [0.29, 0.717) is 12.2 Å². The highest BCUT2D eigenvalue weighted by molar-refractivity contribution is 5.94. The van der Waals surface area contributed by atoms with Gasteiger partial charge in [-0.2, -0.15) is 0 Å². The minimum atomic E-state index is 0.0727. The Morgan fingerprint density at radius 3 is 2.46 bits per heavy atom. The van der Waals surface area contributed by atoms with Crippen molar-refractivity contribution in [3.63, 3.8) is 0 Å². The first-order valence-electron chi connectivity index (χ1n) is 4.02. The lowest BCUT2D eigenvalue weighted by molar-refractivity contribution is 0.101. The highest BCUT2D eigenvalue weighted by Gasteiger charge is 1.97. The molecule has 0 aliphatic carbocycles. The highest BCUT2D eigenvalue weighted by atomic mass is 16.1. The van der Waals surface area contributed by atoms with E-state index in [-0.39, 0.29) is 5.78 Å². The maximum absolute atomic E-state index is 10.9. The predicted molar refractivity (Wildman–Crippen MR) is 52.3 cm³/mol. The molecule has 0 aliphatic heterocycles. The Balaban J connectivity index is 2.64. The van der Waals surface area contributed by atoms with Crippen LogP contribution in [0, 0.1) is 0 Å². The number of hydrazine groups is 1. The lowest BCUT2D eigenvalue weighted by Gasteiger charge is -2.04. The molecular formula is C9H13N3O. The average Bonchev–Trinajstić information content (AvgIpc) is 2.15. The molecule has 0 spiro atoms. The lowest BCUT2D eigenvalue weighted by Crippen LogP contribution is -2.28. The van der Waals surface area contributed by atoms with Gasteiger partial charge in [-0.1, -0.05) is 0 Å². The van der Waals surface area contributed by atoms with Gasteiger partial charge in [0.05, 0.1) is 6.67 Å². The second-order valence-corrected chi connectivity index (χ2v) is 2.69. The summed E-state index contributed by atoms with van der Waals surface area (Å²) in [4.78, 5) is 10.9. The van der Waals surface area contributed by atoms with Crippen LogP contribution in [0.2, 0.25) is 0 Å². The topological polar surface area (TPSA) is 67.2 Å². The van der Waals surface area contributed by atoms with Crippen LogP contribution in [0.4, 0.5) is 5.69 Å². The van der Waals surface area contributed by atoms with Crippen molar-refractivity contribution in [2.75, 3.05) is 12.0 Å². The number of ketones is 1. The van der Waals surface area contributed by atoms with Gasteiger partial charge in [0.25, 0.3) is 0 Å². The molecule has 0 aromatic heterocycles. The molecular weight excluding hydrogens is 166 g/mol. The van der Waals surface area contributed by atoms with Crippen LogP contribution in [0.1, 0.15) is 17.3 Å². The summed E-state index contributed by atoms with van der Waals surface area (Å²) in [5, 5.41) is 3.01. The van der Waals surface area contributed by atoms with E-state index in [1.165, 1.54) is 0 Å². The minimum absolute atomic E-state index is 0.0727. The molecule has 0 saturated heterocycles. The van der Waals surface area contributed by atoms with Gasteiger partial charge < -0.3 is 5.32 Å². The molecule has 1 aromatic rings. The SMILES string of the molecule is CC(=O)c1ccc(NCNN)cc1. The number of nitrogens with two attached hydrogens (primary N) is 1. The fraction of sp³-hybridized carbons (Fsp3) is 0.222.